The Bertz CT molecular complexity index is 1500. The summed E-state index contributed by atoms with van der Waals surface area (Å²) in [4.78, 5) is 31.7. The van der Waals surface area contributed by atoms with Gasteiger partial charge in [0.05, 0.1) is 11.0 Å². The molecule has 0 aliphatic heterocycles. The standard InChI is InChI=1S/C33H40F3N3O3/c1-27(2)10-12-32(26-38-25(39-42-26)33(34,35)36)13-11-31(7)23(19(32)16-27)20(40)14-22-29(5)15-18(17-37)24(41)28(3,4)21(29)8-9-30(22,31)6/h14-15,19,21,23H,8-13,16H2,1-7H3/t19?,21-,23?,29-,30+,31+,32-/m0/s1. The van der Waals surface area contributed by atoms with Crippen molar-refractivity contribution < 1.29 is 27.3 Å². The van der Waals surface area contributed by atoms with Crippen LogP contribution in [0.4, 0.5) is 13.2 Å². The molecule has 0 amide bonds. The number of hydrogen-bond donors (Lipinski definition) is 0. The lowest BCUT2D eigenvalue weighted by molar-refractivity contribution is -0.161. The Morgan fingerprint density at radius 1 is 1.00 bits per heavy atom. The van der Waals surface area contributed by atoms with Crippen molar-refractivity contribution in [2.45, 2.75) is 105 Å². The molecule has 226 valence electrons. The molecule has 0 bridgehead atoms. The lowest BCUT2D eigenvalue weighted by Crippen LogP contribution is -2.65. The van der Waals surface area contributed by atoms with Crippen molar-refractivity contribution in [2.75, 3.05) is 0 Å². The van der Waals surface area contributed by atoms with E-state index in [2.05, 4.69) is 50.8 Å². The van der Waals surface area contributed by atoms with E-state index in [0.29, 0.717) is 25.7 Å². The summed E-state index contributed by atoms with van der Waals surface area (Å²) in [6.45, 7) is 14.7. The fourth-order valence-corrected chi connectivity index (χ4v) is 10.5. The van der Waals surface area contributed by atoms with Gasteiger partial charge < -0.3 is 4.52 Å². The zero-order valence-corrected chi connectivity index (χ0v) is 25.5. The number of halogens is 3. The molecule has 9 heteroatoms. The minimum atomic E-state index is -4.71. The van der Waals surface area contributed by atoms with Crippen LogP contribution in [0.25, 0.3) is 0 Å². The third-order valence-electron chi connectivity index (χ3n) is 13.0. The molecule has 0 aromatic carbocycles. The number of fused-ring (bicyclic) bond motifs is 7. The molecule has 6 rings (SSSR count). The van der Waals surface area contributed by atoms with Gasteiger partial charge in [-0.05, 0) is 79.1 Å². The lowest BCUT2D eigenvalue weighted by Gasteiger charge is -2.68. The van der Waals surface area contributed by atoms with Gasteiger partial charge in [-0.25, -0.2) is 0 Å². The minimum absolute atomic E-state index is 0.00918. The topological polar surface area (TPSA) is 96.8 Å². The van der Waals surface area contributed by atoms with Crippen molar-refractivity contribution in [1.29, 1.82) is 5.26 Å². The Hall–Kier alpha value is -2.76. The predicted molar refractivity (Wildman–Crippen MR) is 147 cm³/mol. The maximum Gasteiger partial charge on any atom is 0.455 e. The molecule has 0 saturated heterocycles. The Morgan fingerprint density at radius 2 is 1.67 bits per heavy atom. The van der Waals surface area contributed by atoms with Crippen molar-refractivity contribution in [2.24, 2.45) is 44.8 Å². The SMILES string of the molecule is CC1(C)CC[C@]2(c3nc(C(F)(F)F)no3)CC[C@]3(C)C(C(=O)C=C4[C@@]5(C)C=C(C#N)C(=O)C(C)(C)[C@@H]5CC[C@]43C)C2C1. The number of ketones is 2. The third kappa shape index (κ3) is 3.56. The van der Waals surface area contributed by atoms with Crippen LogP contribution in [-0.4, -0.2) is 21.7 Å². The Morgan fingerprint density at radius 3 is 2.29 bits per heavy atom. The molecule has 1 aromatic heterocycles. The molecule has 2 unspecified atom stereocenters. The highest BCUT2D eigenvalue weighted by atomic mass is 19.4. The maximum atomic E-state index is 14.6. The van der Waals surface area contributed by atoms with Crippen LogP contribution in [0.1, 0.15) is 105 Å². The van der Waals surface area contributed by atoms with Crippen LogP contribution >= 0.6 is 0 Å². The summed E-state index contributed by atoms with van der Waals surface area (Å²) in [7, 11) is 0. The second-order valence-electron chi connectivity index (χ2n) is 15.8. The van der Waals surface area contributed by atoms with Gasteiger partial charge in [-0.1, -0.05) is 65.3 Å². The number of hydrogen-bond acceptors (Lipinski definition) is 6. The molecular weight excluding hydrogens is 543 g/mol. The van der Waals surface area contributed by atoms with Crippen molar-refractivity contribution in [3.8, 4) is 6.07 Å². The van der Waals surface area contributed by atoms with E-state index in [1.807, 2.05) is 19.9 Å². The fourth-order valence-electron chi connectivity index (χ4n) is 10.5. The summed E-state index contributed by atoms with van der Waals surface area (Å²) in [5.74, 6) is -2.17. The smallest absolute Gasteiger partial charge is 0.338 e. The number of aromatic nitrogens is 2. The van der Waals surface area contributed by atoms with Gasteiger partial charge >= 0.3 is 6.18 Å². The summed E-state index contributed by atoms with van der Waals surface area (Å²) < 4.78 is 46.1. The second-order valence-corrected chi connectivity index (χ2v) is 15.8. The number of alkyl halides is 3. The summed E-state index contributed by atoms with van der Waals surface area (Å²) >= 11 is 0. The van der Waals surface area contributed by atoms with Gasteiger partial charge in [-0.2, -0.15) is 23.4 Å². The minimum Gasteiger partial charge on any atom is -0.338 e. The lowest BCUT2D eigenvalue weighted by atomic mass is 9.34. The van der Waals surface area contributed by atoms with Gasteiger partial charge in [0.25, 0.3) is 5.82 Å². The van der Waals surface area contributed by atoms with Crippen molar-refractivity contribution in [3.05, 3.63) is 35.0 Å². The molecule has 3 fully saturated rings. The van der Waals surface area contributed by atoms with Crippen LogP contribution < -0.4 is 0 Å². The highest BCUT2D eigenvalue weighted by Gasteiger charge is 2.71. The van der Waals surface area contributed by atoms with E-state index >= 15 is 0 Å². The highest BCUT2D eigenvalue weighted by Crippen LogP contribution is 2.74. The van der Waals surface area contributed by atoms with E-state index in [0.717, 1.165) is 24.8 Å². The fraction of sp³-hybridized carbons (Fsp3) is 0.727. The van der Waals surface area contributed by atoms with Crippen molar-refractivity contribution in [1.82, 2.24) is 10.1 Å². The first-order valence-corrected chi connectivity index (χ1v) is 15.1. The van der Waals surface area contributed by atoms with Crippen LogP contribution in [0.15, 0.2) is 27.8 Å². The molecule has 6 nitrogen and oxygen atoms in total. The normalized spacial score (nSPS) is 42.3. The van der Waals surface area contributed by atoms with Crippen LogP contribution in [-0.2, 0) is 21.2 Å². The number of nitriles is 1. The van der Waals surface area contributed by atoms with Crippen molar-refractivity contribution >= 4 is 11.6 Å². The quantitative estimate of drug-likeness (QED) is 0.339. The monoisotopic (exact) mass is 583 g/mol. The van der Waals surface area contributed by atoms with Crippen LogP contribution in [0.2, 0.25) is 0 Å². The molecule has 42 heavy (non-hydrogen) atoms. The maximum absolute atomic E-state index is 14.6. The van der Waals surface area contributed by atoms with Crippen molar-refractivity contribution in [3.63, 3.8) is 0 Å². The predicted octanol–water partition coefficient (Wildman–Crippen LogP) is 7.56. The summed E-state index contributed by atoms with van der Waals surface area (Å²) in [5.41, 5.74) is -2.06. The number of allylic oxidation sites excluding steroid dienone is 4. The zero-order valence-electron chi connectivity index (χ0n) is 25.5. The molecule has 3 saturated carbocycles. The van der Waals surface area contributed by atoms with Gasteiger partial charge in [0.1, 0.15) is 6.07 Å². The molecule has 0 radical (unpaired) electrons. The van der Waals surface area contributed by atoms with Gasteiger partial charge in [0.15, 0.2) is 11.6 Å². The first-order valence-electron chi connectivity index (χ1n) is 15.1. The van der Waals surface area contributed by atoms with E-state index in [4.69, 9.17) is 4.52 Å². The van der Waals surface area contributed by atoms with E-state index in [1.165, 1.54) is 0 Å². The summed E-state index contributed by atoms with van der Waals surface area (Å²) in [6.07, 6.45) is 3.67. The molecule has 0 spiro atoms. The highest BCUT2D eigenvalue weighted by molar-refractivity contribution is 6.04. The van der Waals surface area contributed by atoms with Gasteiger partial charge in [0.2, 0.25) is 5.89 Å². The Labute approximate surface area is 245 Å². The van der Waals surface area contributed by atoms with Crippen LogP contribution in [0, 0.1) is 56.2 Å². The van der Waals surface area contributed by atoms with E-state index in [1.54, 1.807) is 6.08 Å². The summed E-state index contributed by atoms with van der Waals surface area (Å²) in [6, 6.07) is 2.13. The number of carbonyl (C=O) groups is 2. The Kier molecular flexibility index (Phi) is 5.90. The molecule has 0 N–H and O–H groups in total. The summed E-state index contributed by atoms with van der Waals surface area (Å²) in [5, 5.41) is 13.2. The second kappa shape index (κ2) is 8.45. The van der Waals surface area contributed by atoms with E-state index < -0.39 is 45.0 Å². The average molecular weight is 584 g/mol. The first kappa shape index (κ1) is 29.3. The van der Waals surface area contributed by atoms with E-state index in [9.17, 15) is 28.0 Å². The number of nitrogens with zero attached hydrogens (tertiary/aromatic N) is 3. The molecule has 1 aromatic rings. The third-order valence-corrected chi connectivity index (χ3v) is 13.0. The first-order chi connectivity index (χ1) is 19.3. The van der Waals surface area contributed by atoms with Crippen LogP contribution in [0.3, 0.4) is 0 Å². The average Bonchev–Trinajstić information content (AvgIpc) is 3.39. The Balaban J connectivity index is 1.52. The van der Waals surface area contributed by atoms with Gasteiger partial charge in [0, 0.05) is 16.7 Å². The van der Waals surface area contributed by atoms with Crippen LogP contribution in [0.5, 0.6) is 0 Å². The molecular formula is C33H40F3N3O3. The molecule has 5 aliphatic carbocycles. The zero-order chi connectivity index (χ0) is 30.9. The number of rotatable bonds is 1. The van der Waals surface area contributed by atoms with Gasteiger partial charge in [-0.15, -0.1) is 0 Å². The largest absolute Gasteiger partial charge is 0.455 e. The number of Topliss-reactive ketones (excluding diaryl/α,β-unsaturated/α-hetero) is 1. The van der Waals surface area contributed by atoms with E-state index in [-0.39, 0.29) is 40.3 Å². The molecule has 7 atom stereocenters. The molecule has 5 aliphatic rings. The van der Waals surface area contributed by atoms with Gasteiger partial charge in [-0.3, -0.25) is 9.59 Å². The number of carbonyl (C=O) groups excluding carboxylic acids is 2. The molecule has 1 heterocycles.